The van der Waals surface area contributed by atoms with Crippen LogP contribution in [0.5, 0.6) is 0 Å². The highest BCUT2D eigenvalue weighted by Gasteiger charge is 2.16. The van der Waals surface area contributed by atoms with Gasteiger partial charge in [0.2, 0.25) is 0 Å². The fraction of sp³-hybridized carbons (Fsp3) is 0.300. The van der Waals surface area contributed by atoms with E-state index in [1.165, 1.54) is 6.26 Å². The molecule has 0 aliphatic rings. The van der Waals surface area contributed by atoms with Crippen molar-refractivity contribution in [2.24, 2.45) is 0 Å². The summed E-state index contributed by atoms with van der Waals surface area (Å²) >= 11 is 0. The SMILES string of the molecule is Cc1coc(NC(=O)c2c(C)n[nH]c2C)n1. The Kier molecular flexibility index (Phi) is 2.47. The van der Waals surface area contributed by atoms with E-state index in [0.29, 0.717) is 11.3 Å². The molecule has 0 fully saturated rings. The first-order valence-corrected chi connectivity index (χ1v) is 4.83. The first-order valence-electron chi connectivity index (χ1n) is 4.83. The van der Waals surface area contributed by atoms with Crippen LogP contribution in [-0.4, -0.2) is 21.1 Å². The molecule has 0 saturated carbocycles. The third-order valence-corrected chi connectivity index (χ3v) is 2.19. The molecule has 2 N–H and O–H groups in total. The van der Waals surface area contributed by atoms with Gasteiger partial charge in [-0.1, -0.05) is 0 Å². The van der Waals surface area contributed by atoms with Crippen LogP contribution in [0.25, 0.3) is 0 Å². The van der Waals surface area contributed by atoms with Gasteiger partial charge in [0.05, 0.1) is 17.0 Å². The van der Waals surface area contributed by atoms with Crippen molar-refractivity contribution in [2.45, 2.75) is 20.8 Å². The van der Waals surface area contributed by atoms with Crippen LogP contribution in [-0.2, 0) is 0 Å². The minimum atomic E-state index is -0.273. The Balaban J connectivity index is 2.21. The first kappa shape index (κ1) is 10.4. The van der Waals surface area contributed by atoms with E-state index >= 15 is 0 Å². The number of oxazole rings is 1. The summed E-state index contributed by atoms with van der Waals surface area (Å²) in [5, 5.41) is 9.26. The van der Waals surface area contributed by atoms with Gasteiger partial charge in [0, 0.05) is 5.69 Å². The van der Waals surface area contributed by atoms with E-state index in [1.807, 2.05) is 0 Å². The minimum Gasteiger partial charge on any atom is -0.432 e. The number of H-pyrrole nitrogens is 1. The van der Waals surface area contributed by atoms with Gasteiger partial charge in [-0.3, -0.25) is 15.2 Å². The molecule has 0 atom stereocenters. The van der Waals surface area contributed by atoms with Gasteiger partial charge >= 0.3 is 6.01 Å². The third-order valence-electron chi connectivity index (χ3n) is 2.19. The molecule has 16 heavy (non-hydrogen) atoms. The zero-order chi connectivity index (χ0) is 11.7. The maximum atomic E-state index is 11.9. The second-order valence-electron chi connectivity index (χ2n) is 3.56. The summed E-state index contributed by atoms with van der Waals surface area (Å²) in [7, 11) is 0. The standard InChI is InChI=1S/C10H12N4O2/c1-5-4-16-10(11-5)12-9(15)8-6(2)13-14-7(8)3/h4H,1-3H3,(H,13,14)(H,11,12,15). The van der Waals surface area contributed by atoms with Crippen molar-refractivity contribution >= 4 is 11.9 Å². The van der Waals surface area contributed by atoms with Gasteiger partial charge in [-0.2, -0.15) is 10.1 Å². The monoisotopic (exact) mass is 220 g/mol. The van der Waals surface area contributed by atoms with Crippen molar-refractivity contribution in [3.05, 3.63) is 28.9 Å². The van der Waals surface area contributed by atoms with E-state index in [4.69, 9.17) is 4.42 Å². The summed E-state index contributed by atoms with van der Waals surface area (Å²) in [5.41, 5.74) is 2.61. The highest BCUT2D eigenvalue weighted by Crippen LogP contribution is 2.13. The third kappa shape index (κ3) is 1.81. The number of aromatic amines is 1. The Bertz CT molecular complexity index is 507. The van der Waals surface area contributed by atoms with Crippen molar-refractivity contribution < 1.29 is 9.21 Å². The molecule has 0 saturated heterocycles. The molecule has 2 aromatic heterocycles. The number of aryl methyl sites for hydroxylation is 3. The quantitative estimate of drug-likeness (QED) is 0.804. The van der Waals surface area contributed by atoms with Crippen LogP contribution in [0.4, 0.5) is 6.01 Å². The summed E-state index contributed by atoms with van der Waals surface area (Å²) in [6, 6.07) is 0.197. The van der Waals surface area contributed by atoms with Gasteiger partial charge in [0.15, 0.2) is 0 Å². The Hall–Kier alpha value is -2.11. The Labute approximate surface area is 92.1 Å². The molecule has 1 amide bonds. The van der Waals surface area contributed by atoms with Gasteiger partial charge in [-0.15, -0.1) is 0 Å². The molecule has 2 aromatic rings. The average molecular weight is 220 g/mol. The number of carbonyl (C=O) groups is 1. The molecule has 2 heterocycles. The van der Waals surface area contributed by atoms with Gasteiger partial charge in [0.25, 0.3) is 5.91 Å². The molecular formula is C10H12N4O2. The van der Waals surface area contributed by atoms with Gasteiger partial charge in [-0.05, 0) is 20.8 Å². The molecule has 6 heteroatoms. The van der Waals surface area contributed by atoms with E-state index < -0.39 is 0 Å². The van der Waals surface area contributed by atoms with Crippen LogP contribution < -0.4 is 5.32 Å². The predicted octanol–water partition coefficient (Wildman–Crippen LogP) is 1.58. The molecule has 6 nitrogen and oxygen atoms in total. The fourth-order valence-electron chi connectivity index (χ4n) is 1.46. The zero-order valence-corrected chi connectivity index (χ0v) is 9.29. The number of hydrogen-bond acceptors (Lipinski definition) is 4. The smallest absolute Gasteiger partial charge is 0.301 e. The van der Waals surface area contributed by atoms with E-state index in [0.717, 1.165) is 11.4 Å². The summed E-state index contributed by atoms with van der Waals surface area (Å²) < 4.78 is 5.04. The highest BCUT2D eigenvalue weighted by molar-refractivity contribution is 6.04. The minimum absolute atomic E-state index is 0.197. The van der Waals surface area contributed by atoms with Crippen molar-refractivity contribution in [3.63, 3.8) is 0 Å². The molecule has 84 valence electrons. The Morgan fingerprint density at radius 1 is 1.44 bits per heavy atom. The molecule has 2 rings (SSSR count). The van der Waals surface area contributed by atoms with Crippen LogP contribution in [0.3, 0.4) is 0 Å². The number of amides is 1. The lowest BCUT2D eigenvalue weighted by Crippen LogP contribution is -2.13. The first-order chi connectivity index (χ1) is 7.58. The van der Waals surface area contributed by atoms with Gasteiger partial charge in [0.1, 0.15) is 6.26 Å². The number of aromatic nitrogens is 3. The van der Waals surface area contributed by atoms with Crippen molar-refractivity contribution in [1.82, 2.24) is 15.2 Å². The number of nitrogens with one attached hydrogen (secondary N) is 2. The van der Waals surface area contributed by atoms with Crippen molar-refractivity contribution in [2.75, 3.05) is 5.32 Å². The van der Waals surface area contributed by atoms with Crippen molar-refractivity contribution in [1.29, 1.82) is 0 Å². The maximum Gasteiger partial charge on any atom is 0.301 e. The van der Waals surface area contributed by atoms with E-state index in [-0.39, 0.29) is 11.9 Å². The molecule has 0 aliphatic carbocycles. The number of rotatable bonds is 2. The summed E-state index contributed by atoms with van der Waals surface area (Å²) in [4.78, 5) is 15.8. The van der Waals surface area contributed by atoms with Crippen LogP contribution >= 0.6 is 0 Å². The van der Waals surface area contributed by atoms with E-state index in [2.05, 4.69) is 20.5 Å². The van der Waals surface area contributed by atoms with Gasteiger partial charge < -0.3 is 4.42 Å². The highest BCUT2D eigenvalue weighted by atomic mass is 16.4. The predicted molar refractivity (Wildman–Crippen MR) is 57.3 cm³/mol. The number of nitrogens with zero attached hydrogens (tertiary/aromatic N) is 2. The van der Waals surface area contributed by atoms with Crippen LogP contribution in [0, 0.1) is 20.8 Å². The lowest BCUT2D eigenvalue weighted by atomic mass is 10.2. The molecule has 0 aromatic carbocycles. The van der Waals surface area contributed by atoms with E-state index in [1.54, 1.807) is 20.8 Å². The molecule has 0 aliphatic heterocycles. The molecule has 0 radical (unpaired) electrons. The normalized spacial score (nSPS) is 10.4. The average Bonchev–Trinajstić information content (AvgIpc) is 2.74. The number of hydrogen-bond donors (Lipinski definition) is 2. The van der Waals surface area contributed by atoms with Crippen LogP contribution in [0.1, 0.15) is 27.4 Å². The second kappa shape index (κ2) is 3.80. The van der Waals surface area contributed by atoms with Crippen LogP contribution in [0.2, 0.25) is 0 Å². The van der Waals surface area contributed by atoms with Crippen molar-refractivity contribution in [3.8, 4) is 0 Å². The molecular weight excluding hydrogens is 208 g/mol. The number of anilines is 1. The van der Waals surface area contributed by atoms with E-state index in [9.17, 15) is 4.79 Å². The fourth-order valence-corrected chi connectivity index (χ4v) is 1.46. The largest absolute Gasteiger partial charge is 0.432 e. The van der Waals surface area contributed by atoms with Crippen LogP contribution in [0.15, 0.2) is 10.7 Å². The Morgan fingerprint density at radius 2 is 2.19 bits per heavy atom. The van der Waals surface area contributed by atoms with Gasteiger partial charge in [-0.25, -0.2) is 0 Å². The Morgan fingerprint density at radius 3 is 2.69 bits per heavy atom. The molecule has 0 spiro atoms. The lowest BCUT2D eigenvalue weighted by molar-refractivity contribution is 0.102. The summed E-state index contributed by atoms with van der Waals surface area (Å²) in [6.07, 6.45) is 1.48. The topological polar surface area (TPSA) is 83.8 Å². The second-order valence-corrected chi connectivity index (χ2v) is 3.56. The molecule has 0 bridgehead atoms. The zero-order valence-electron chi connectivity index (χ0n) is 9.29. The summed E-state index contributed by atoms with van der Waals surface area (Å²) in [6.45, 7) is 5.34. The lowest BCUT2D eigenvalue weighted by Gasteiger charge is -2.00. The summed E-state index contributed by atoms with van der Waals surface area (Å²) in [5.74, 6) is -0.273. The number of carbonyl (C=O) groups excluding carboxylic acids is 1. The molecule has 0 unspecified atom stereocenters. The maximum absolute atomic E-state index is 11.9.